The van der Waals surface area contributed by atoms with Gasteiger partial charge in [-0.05, 0) is 25.7 Å². The van der Waals surface area contributed by atoms with E-state index in [1.807, 2.05) is 4.90 Å². The van der Waals surface area contributed by atoms with Crippen molar-refractivity contribution in [1.82, 2.24) is 4.90 Å². The van der Waals surface area contributed by atoms with Gasteiger partial charge in [0.25, 0.3) is 0 Å². The minimum Gasteiger partial charge on any atom is -0.378 e. The van der Waals surface area contributed by atoms with Crippen LogP contribution in [0.2, 0.25) is 0 Å². The summed E-state index contributed by atoms with van der Waals surface area (Å²) in [5.74, 6) is 0.0749. The number of hydrogen-bond donors (Lipinski definition) is 1. The van der Waals surface area contributed by atoms with Gasteiger partial charge in [-0.25, -0.2) is 0 Å². The summed E-state index contributed by atoms with van der Waals surface area (Å²) in [5.41, 5.74) is 5.28. The molecule has 2 rings (SSSR count). The van der Waals surface area contributed by atoms with Gasteiger partial charge in [-0.2, -0.15) is 0 Å². The Hall–Kier alpha value is -1.10. The van der Waals surface area contributed by atoms with Crippen LogP contribution in [0, 0.1) is 11.8 Å². The summed E-state index contributed by atoms with van der Waals surface area (Å²) in [5, 5.41) is 0. The first-order chi connectivity index (χ1) is 8.18. The predicted molar refractivity (Wildman–Crippen MR) is 62.0 cm³/mol. The molecule has 0 aromatic heterocycles. The molecule has 0 radical (unpaired) electrons. The molecule has 0 bridgehead atoms. The topological polar surface area (TPSA) is 72.6 Å². The van der Waals surface area contributed by atoms with E-state index >= 15 is 0 Å². The maximum Gasteiger partial charge on any atom is 0.225 e. The van der Waals surface area contributed by atoms with Crippen molar-refractivity contribution in [2.24, 2.45) is 17.6 Å². The molecule has 0 aromatic rings. The van der Waals surface area contributed by atoms with Gasteiger partial charge >= 0.3 is 0 Å². The number of ether oxygens (including phenoxy) is 1. The van der Waals surface area contributed by atoms with Crippen LogP contribution in [0.25, 0.3) is 0 Å². The van der Waals surface area contributed by atoms with E-state index in [9.17, 15) is 9.59 Å². The molecule has 0 unspecified atom stereocenters. The Morgan fingerprint density at radius 3 is 2.06 bits per heavy atom. The van der Waals surface area contributed by atoms with Crippen molar-refractivity contribution < 1.29 is 14.3 Å². The number of rotatable bonds is 2. The van der Waals surface area contributed by atoms with E-state index in [1.165, 1.54) is 0 Å². The van der Waals surface area contributed by atoms with Crippen LogP contribution in [-0.2, 0) is 14.3 Å². The third-order valence-electron chi connectivity index (χ3n) is 3.80. The Morgan fingerprint density at radius 1 is 1.00 bits per heavy atom. The number of nitrogens with zero attached hydrogens (tertiary/aromatic N) is 1. The van der Waals surface area contributed by atoms with Crippen LogP contribution in [-0.4, -0.2) is 43.0 Å². The Kier molecular flexibility index (Phi) is 3.99. The second-order valence-corrected chi connectivity index (χ2v) is 4.89. The summed E-state index contributed by atoms with van der Waals surface area (Å²) < 4.78 is 5.23. The smallest absolute Gasteiger partial charge is 0.225 e. The molecule has 17 heavy (non-hydrogen) atoms. The molecule has 2 amide bonds. The largest absolute Gasteiger partial charge is 0.378 e. The SMILES string of the molecule is NC(=O)C1CCC(C(=O)N2CCOCC2)CC1. The van der Waals surface area contributed by atoms with Crippen LogP contribution in [0.15, 0.2) is 0 Å². The fourth-order valence-corrected chi connectivity index (χ4v) is 2.67. The molecule has 1 aliphatic carbocycles. The summed E-state index contributed by atoms with van der Waals surface area (Å²) in [6, 6.07) is 0. The highest BCUT2D eigenvalue weighted by molar-refractivity contribution is 5.80. The van der Waals surface area contributed by atoms with Gasteiger partial charge in [0.2, 0.25) is 11.8 Å². The van der Waals surface area contributed by atoms with Crippen molar-refractivity contribution in [3.8, 4) is 0 Å². The molecular weight excluding hydrogens is 220 g/mol. The van der Waals surface area contributed by atoms with Gasteiger partial charge in [-0.15, -0.1) is 0 Å². The molecule has 2 N–H and O–H groups in total. The quantitative estimate of drug-likeness (QED) is 0.746. The zero-order valence-corrected chi connectivity index (χ0v) is 10.1. The highest BCUT2D eigenvalue weighted by Crippen LogP contribution is 2.30. The summed E-state index contributed by atoms with van der Waals surface area (Å²) in [4.78, 5) is 25.1. The zero-order valence-electron chi connectivity index (χ0n) is 10.1. The molecule has 1 saturated heterocycles. The molecule has 5 heteroatoms. The zero-order chi connectivity index (χ0) is 12.3. The van der Waals surface area contributed by atoms with Crippen molar-refractivity contribution in [2.45, 2.75) is 25.7 Å². The summed E-state index contributed by atoms with van der Waals surface area (Å²) in [7, 11) is 0. The number of nitrogens with two attached hydrogens (primary N) is 1. The van der Waals surface area contributed by atoms with Crippen LogP contribution in [0.1, 0.15) is 25.7 Å². The maximum absolute atomic E-state index is 12.2. The van der Waals surface area contributed by atoms with E-state index in [2.05, 4.69) is 0 Å². The summed E-state index contributed by atoms with van der Waals surface area (Å²) in [6.07, 6.45) is 3.11. The van der Waals surface area contributed by atoms with Crippen molar-refractivity contribution in [3.63, 3.8) is 0 Å². The van der Waals surface area contributed by atoms with Crippen LogP contribution in [0.5, 0.6) is 0 Å². The van der Waals surface area contributed by atoms with Gasteiger partial charge in [0.05, 0.1) is 13.2 Å². The second kappa shape index (κ2) is 5.49. The van der Waals surface area contributed by atoms with E-state index in [0.717, 1.165) is 25.7 Å². The highest BCUT2D eigenvalue weighted by Gasteiger charge is 2.31. The molecule has 0 spiro atoms. The lowest BCUT2D eigenvalue weighted by Crippen LogP contribution is -2.44. The maximum atomic E-state index is 12.2. The third kappa shape index (κ3) is 2.97. The third-order valence-corrected chi connectivity index (χ3v) is 3.80. The fraction of sp³-hybridized carbons (Fsp3) is 0.833. The molecule has 2 aliphatic rings. The lowest BCUT2D eigenvalue weighted by molar-refractivity contribution is -0.141. The minimum atomic E-state index is -0.220. The first-order valence-electron chi connectivity index (χ1n) is 6.34. The molecular formula is C12H20N2O3. The molecule has 1 heterocycles. The lowest BCUT2D eigenvalue weighted by Gasteiger charge is -2.33. The van der Waals surface area contributed by atoms with Gasteiger partial charge in [-0.1, -0.05) is 0 Å². The number of hydrogen-bond acceptors (Lipinski definition) is 3. The number of carbonyl (C=O) groups excluding carboxylic acids is 2. The Bertz CT molecular complexity index is 292. The van der Waals surface area contributed by atoms with Crippen molar-refractivity contribution >= 4 is 11.8 Å². The van der Waals surface area contributed by atoms with E-state index in [0.29, 0.717) is 26.3 Å². The van der Waals surface area contributed by atoms with Gasteiger partial charge in [0, 0.05) is 24.9 Å². The lowest BCUT2D eigenvalue weighted by atomic mass is 9.81. The predicted octanol–water partition coefficient (Wildman–Crippen LogP) is 0.137. The Morgan fingerprint density at radius 2 is 1.53 bits per heavy atom. The van der Waals surface area contributed by atoms with Gasteiger partial charge in [0.15, 0.2) is 0 Å². The standard InChI is InChI=1S/C12H20N2O3/c13-11(15)9-1-3-10(4-2-9)12(16)14-5-7-17-8-6-14/h9-10H,1-8H2,(H2,13,15). The number of carbonyl (C=O) groups is 2. The molecule has 5 nitrogen and oxygen atoms in total. The molecule has 0 atom stereocenters. The van der Waals surface area contributed by atoms with Gasteiger partial charge in [0.1, 0.15) is 0 Å². The number of primary amides is 1. The van der Waals surface area contributed by atoms with E-state index < -0.39 is 0 Å². The van der Waals surface area contributed by atoms with Crippen LogP contribution >= 0.6 is 0 Å². The highest BCUT2D eigenvalue weighted by atomic mass is 16.5. The first kappa shape index (κ1) is 12.4. The molecule has 2 fully saturated rings. The second-order valence-electron chi connectivity index (χ2n) is 4.89. The molecule has 0 aromatic carbocycles. The molecule has 1 aliphatic heterocycles. The van der Waals surface area contributed by atoms with Crippen molar-refractivity contribution in [3.05, 3.63) is 0 Å². The summed E-state index contributed by atoms with van der Waals surface area (Å²) >= 11 is 0. The molecule has 96 valence electrons. The van der Waals surface area contributed by atoms with Crippen molar-refractivity contribution in [2.75, 3.05) is 26.3 Å². The minimum absolute atomic E-state index is 0.0243. The average molecular weight is 240 g/mol. The number of amides is 2. The average Bonchev–Trinajstić information content (AvgIpc) is 2.39. The normalized spacial score (nSPS) is 30.0. The van der Waals surface area contributed by atoms with Crippen LogP contribution < -0.4 is 5.73 Å². The van der Waals surface area contributed by atoms with E-state index in [-0.39, 0.29) is 23.7 Å². The number of morpholine rings is 1. The summed E-state index contributed by atoms with van der Waals surface area (Å²) in [6.45, 7) is 2.69. The van der Waals surface area contributed by atoms with Crippen LogP contribution in [0.4, 0.5) is 0 Å². The Balaban J connectivity index is 1.83. The monoisotopic (exact) mass is 240 g/mol. The van der Waals surface area contributed by atoms with E-state index in [4.69, 9.17) is 10.5 Å². The molecule has 1 saturated carbocycles. The van der Waals surface area contributed by atoms with E-state index in [1.54, 1.807) is 0 Å². The first-order valence-corrected chi connectivity index (χ1v) is 6.34. The fourth-order valence-electron chi connectivity index (χ4n) is 2.67. The van der Waals surface area contributed by atoms with Crippen molar-refractivity contribution in [1.29, 1.82) is 0 Å². The Labute approximate surface area is 101 Å². The van der Waals surface area contributed by atoms with Crippen LogP contribution in [0.3, 0.4) is 0 Å². The van der Waals surface area contributed by atoms with Gasteiger partial charge in [-0.3, -0.25) is 9.59 Å². The van der Waals surface area contributed by atoms with Gasteiger partial charge < -0.3 is 15.4 Å².